The molecule has 0 bridgehead atoms. The van der Waals surface area contributed by atoms with E-state index in [4.69, 9.17) is 9.47 Å². The second-order valence-electron chi connectivity index (χ2n) is 16.9. The summed E-state index contributed by atoms with van der Waals surface area (Å²) < 4.78 is 11.5. The molecule has 6 rings (SSSR count). The van der Waals surface area contributed by atoms with Crippen LogP contribution in [0.25, 0.3) is 0 Å². The smallest absolute Gasteiger partial charge is 0.315 e. The highest BCUT2D eigenvalue weighted by Crippen LogP contribution is 2.75. The van der Waals surface area contributed by atoms with Gasteiger partial charge >= 0.3 is 5.97 Å². The van der Waals surface area contributed by atoms with Gasteiger partial charge in [0.05, 0.1) is 30.8 Å². The minimum Gasteiger partial charge on any atom is -0.432 e. The van der Waals surface area contributed by atoms with Gasteiger partial charge in [-0.3, -0.25) is 4.79 Å². The maximum Gasteiger partial charge on any atom is 0.315 e. The van der Waals surface area contributed by atoms with Crippen molar-refractivity contribution in [2.45, 2.75) is 129 Å². The molecule has 5 fully saturated rings. The number of carbonyl (C=O) groups is 1. The number of allylic oxidation sites excluding steroid dienone is 3. The standard InChI is InChI=1S/C36H56O10/c1-18-9-12-36(31(44)46-30-28(42)27(41)26(40)22(16-37)45-30)14-13-34(5)20(25(36)19(18)2)7-8-24-32(3)15-21(39)29(43)33(4,17-38)23(32)10-11-35(24,34)6/h7,18,21-30,37-43H,2,8-17H2,1,3-6H3/t18-,21-,22-,23-,24-,25+,26-,27+,28-,29-,30+,32+,33+,34-,35-,36+/m1/s1. The average molecular weight is 649 g/mol. The van der Waals surface area contributed by atoms with Crippen LogP contribution in [0.5, 0.6) is 0 Å². The lowest BCUT2D eigenvalue weighted by atomic mass is 9.33. The Morgan fingerprint density at radius 3 is 2.30 bits per heavy atom. The highest BCUT2D eigenvalue weighted by Gasteiger charge is 2.71. The molecule has 1 heterocycles. The van der Waals surface area contributed by atoms with E-state index < -0.39 is 66.3 Å². The maximum atomic E-state index is 14.4. The summed E-state index contributed by atoms with van der Waals surface area (Å²) in [5, 5.41) is 73.7. The molecule has 0 radical (unpaired) electrons. The minimum atomic E-state index is -1.67. The van der Waals surface area contributed by atoms with Gasteiger partial charge in [0.1, 0.15) is 24.4 Å². The van der Waals surface area contributed by atoms with Crippen molar-refractivity contribution < 1.29 is 50.0 Å². The number of ether oxygens (including phenoxy) is 2. The van der Waals surface area contributed by atoms with E-state index >= 15 is 0 Å². The normalized spacial score (nSPS) is 55.3. The number of aliphatic hydroxyl groups is 7. The van der Waals surface area contributed by atoms with E-state index in [0.717, 1.165) is 37.7 Å². The predicted molar refractivity (Wildman–Crippen MR) is 168 cm³/mol. The average Bonchev–Trinajstić information content (AvgIpc) is 3.02. The van der Waals surface area contributed by atoms with Crippen LogP contribution in [0, 0.1) is 50.7 Å². The minimum absolute atomic E-state index is 0.0425. The summed E-state index contributed by atoms with van der Waals surface area (Å²) in [5.41, 5.74) is -0.363. The first-order valence-corrected chi connectivity index (χ1v) is 17.3. The van der Waals surface area contributed by atoms with Gasteiger partial charge in [0.25, 0.3) is 0 Å². The Kier molecular flexibility index (Phi) is 8.50. The van der Waals surface area contributed by atoms with Gasteiger partial charge in [0, 0.05) is 11.3 Å². The lowest BCUT2D eigenvalue weighted by Crippen LogP contribution is -2.68. The molecule has 260 valence electrons. The molecule has 10 heteroatoms. The summed E-state index contributed by atoms with van der Waals surface area (Å²) in [5.74, 6) is -0.411. The van der Waals surface area contributed by atoms with Gasteiger partial charge in [-0.05, 0) is 85.4 Å². The molecule has 4 saturated carbocycles. The Hall–Kier alpha value is -1.37. The molecule has 0 spiro atoms. The second kappa shape index (κ2) is 11.3. The van der Waals surface area contributed by atoms with Crippen LogP contribution < -0.4 is 0 Å². The van der Waals surface area contributed by atoms with Crippen molar-refractivity contribution in [2.24, 2.45) is 50.7 Å². The van der Waals surface area contributed by atoms with Crippen LogP contribution in [0.3, 0.4) is 0 Å². The molecule has 0 aromatic carbocycles. The van der Waals surface area contributed by atoms with Crippen LogP contribution in [0.15, 0.2) is 23.8 Å². The molecule has 6 aliphatic rings. The summed E-state index contributed by atoms with van der Waals surface area (Å²) in [7, 11) is 0. The largest absolute Gasteiger partial charge is 0.432 e. The molecular weight excluding hydrogens is 592 g/mol. The number of aliphatic hydroxyl groups excluding tert-OH is 7. The highest BCUT2D eigenvalue weighted by molar-refractivity contribution is 5.80. The number of esters is 1. The van der Waals surface area contributed by atoms with Gasteiger partial charge in [-0.2, -0.15) is 0 Å². The Morgan fingerprint density at radius 1 is 0.957 bits per heavy atom. The van der Waals surface area contributed by atoms with Crippen molar-refractivity contribution >= 4 is 5.97 Å². The molecule has 10 nitrogen and oxygen atoms in total. The molecule has 1 aliphatic heterocycles. The van der Waals surface area contributed by atoms with Crippen molar-refractivity contribution in [3.05, 3.63) is 23.8 Å². The number of carbonyl (C=O) groups excluding carboxylic acids is 1. The Labute approximate surface area is 272 Å². The van der Waals surface area contributed by atoms with Crippen molar-refractivity contribution in [2.75, 3.05) is 13.2 Å². The Morgan fingerprint density at radius 2 is 1.65 bits per heavy atom. The fourth-order valence-electron chi connectivity index (χ4n) is 11.9. The van der Waals surface area contributed by atoms with E-state index in [9.17, 15) is 40.5 Å². The summed E-state index contributed by atoms with van der Waals surface area (Å²) >= 11 is 0. The third-order valence-corrected chi connectivity index (χ3v) is 15.1. The van der Waals surface area contributed by atoms with E-state index in [1.54, 1.807) is 0 Å². The zero-order valence-corrected chi connectivity index (χ0v) is 28.1. The van der Waals surface area contributed by atoms with Crippen LogP contribution in [-0.2, 0) is 14.3 Å². The fourth-order valence-corrected chi connectivity index (χ4v) is 11.9. The van der Waals surface area contributed by atoms with Crippen molar-refractivity contribution in [1.29, 1.82) is 0 Å². The van der Waals surface area contributed by atoms with Gasteiger partial charge in [-0.25, -0.2) is 0 Å². The third kappa shape index (κ3) is 4.40. The fraction of sp³-hybridized carbons (Fsp3) is 0.861. The molecule has 5 aliphatic carbocycles. The molecule has 0 aromatic heterocycles. The zero-order chi connectivity index (χ0) is 33.8. The number of hydrogen-bond acceptors (Lipinski definition) is 10. The monoisotopic (exact) mass is 648 g/mol. The topological polar surface area (TPSA) is 177 Å². The number of hydrogen-bond donors (Lipinski definition) is 7. The summed E-state index contributed by atoms with van der Waals surface area (Å²) in [6.07, 6.45) is -1.67. The lowest BCUT2D eigenvalue weighted by molar-refractivity contribution is -0.297. The second-order valence-corrected chi connectivity index (χ2v) is 16.9. The number of fused-ring (bicyclic) bond motifs is 7. The molecule has 0 unspecified atom stereocenters. The zero-order valence-electron chi connectivity index (χ0n) is 28.1. The molecule has 46 heavy (non-hydrogen) atoms. The van der Waals surface area contributed by atoms with Crippen LogP contribution >= 0.6 is 0 Å². The van der Waals surface area contributed by atoms with Crippen LogP contribution in [-0.4, -0.2) is 97.8 Å². The van der Waals surface area contributed by atoms with Gasteiger partial charge in [0.2, 0.25) is 6.29 Å². The molecule has 0 amide bonds. The van der Waals surface area contributed by atoms with E-state index in [1.807, 2.05) is 6.92 Å². The van der Waals surface area contributed by atoms with Crippen molar-refractivity contribution in [1.82, 2.24) is 0 Å². The third-order valence-electron chi connectivity index (χ3n) is 15.1. The van der Waals surface area contributed by atoms with Gasteiger partial charge in [-0.1, -0.05) is 58.4 Å². The molecule has 1 saturated heterocycles. The van der Waals surface area contributed by atoms with E-state index in [1.165, 1.54) is 5.57 Å². The first-order chi connectivity index (χ1) is 21.5. The first kappa shape index (κ1) is 34.5. The van der Waals surface area contributed by atoms with Gasteiger partial charge in [0.15, 0.2) is 0 Å². The van der Waals surface area contributed by atoms with Crippen molar-refractivity contribution in [3.63, 3.8) is 0 Å². The van der Waals surface area contributed by atoms with E-state index in [0.29, 0.717) is 19.3 Å². The van der Waals surface area contributed by atoms with E-state index in [-0.39, 0.29) is 46.5 Å². The number of rotatable bonds is 4. The SMILES string of the molecule is C=C1[C@H]2C3=CC[C@@H]4[C@@]5(C)C[C@@H](O)[C@@H](O)[C@@](C)(CO)[C@@H]5CC[C@@]4(C)[C@]3(C)CC[C@@]2(C(=O)O[C@@H]2O[C@H](CO)[C@@H](O)[C@H](O)[C@H]2O)CC[C@H]1C. The molecule has 16 atom stereocenters. The quantitative estimate of drug-likeness (QED) is 0.177. The van der Waals surface area contributed by atoms with E-state index in [2.05, 4.69) is 40.3 Å². The summed E-state index contributed by atoms with van der Waals surface area (Å²) in [6.45, 7) is 14.8. The summed E-state index contributed by atoms with van der Waals surface area (Å²) in [6, 6.07) is 0. The van der Waals surface area contributed by atoms with Gasteiger partial charge in [-0.15, -0.1) is 0 Å². The highest BCUT2D eigenvalue weighted by atomic mass is 16.7. The molecular formula is C36H56O10. The summed E-state index contributed by atoms with van der Waals surface area (Å²) in [4.78, 5) is 14.4. The Balaban J connectivity index is 1.37. The Bertz CT molecular complexity index is 1270. The lowest BCUT2D eigenvalue weighted by Gasteiger charge is -2.71. The van der Waals surface area contributed by atoms with Crippen LogP contribution in [0.1, 0.15) is 86.0 Å². The molecule has 0 aromatic rings. The first-order valence-electron chi connectivity index (χ1n) is 17.3. The molecule has 7 N–H and O–H groups in total. The maximum absolute atomic E-state index is 14.4. The van der Waals surface area contributed by atoms with Crippen molar-refractivity contribution in [3.8, 4) is 0 Å². The van der Waals surface area contributed by atoms with Crippen LogP contribution in [0.2, 0.25) is 0 Å². The predicted octanol–water partition coefficient (Wildman–Crippen LogP) is 2.21. The van der Waals surface area contributed by atoms with Crippen LogP contribution in [0.4, 0.5) is 0 Å². The van der Waals surface area contributed by atoms with Gasteiger partial charge < -0.3 is 45.2 Å².